The summed E-state index contributed by atoms with van der Waals surface area (Å²) in [6.07, 6.45) is 0.885. The summed E-state index contributed by atoms with van der Waals surface area (Å²) in [6.45, 7) is 5.32. The molecule has 1 aliphatic rings. The second-order valence-electron chi connectivity index (χ2n) is 5.07. The predicted molar refractivity (Wildman–Crippen MR) is 78.7 cm³/mol. The largest absolute Gasteiger partial charge is 0.352 e. The van der Waals surface area contributed by atoms with E-state index in [0.29, 0.717) is 13.1 Å². The molecule has 5 nitrogen and oxygen atoms in total. The van der Waals surface area contributed by atoms with Crippen LogP contribution in [0.2, 0.25) is 0 Å². The van der Waals surface area contributed by atoms with Crippen LogP contribution in [0.3, 0.4) is 0 Å². The zero-order valence-corrected chi connectivity index (χ0v) is 12.0. The molecule has 1 saturated heterocycles. The number of carbonyl (C=O) groups excluding carboxylic acids is 2. The minimum atomic E-state index is -0.101. The van der Waals surface area contributed by atoms with Crippen LogP contribution in [-0.2, 0) is 4.79 Å². The van der Waals surface area contributed by atoms with E-state index in [4.69, 9.17) is 0 Å². The Morgan fingerprint density at radius 1 is 1.30 bits per heavy atom. The van der Waals surface area contributed by atoms with E-state index in [2.05, 4.69) is 5.32 Å². The second kappa shape index (κ2) is 6.41. The van der Waals surface area contributed by atoms with E-state index < -0.39 is 0 Å². The number of urea groups is 1. The Kier molecular flexibility index (Phi) is 4.61. The molecule has 20 heavy (non-hydrogen) atoms. The van der Waals surface area contributed by atoms with Gasteiger partial charge in [0.15, 0.2) is 0 Å². The molecular weight excluding hydrogens is 254 g/mol. The maximum atomic E-state index is 12.3. The van der Waals surface area contributed by atoms with Crippen molar-refractivity contribution in [1.29, 1.82) is 0 Å². The summed E-state index contributed by atoms with van der Waals surface area (Å²) < 4.78 is 0. The van der Waals surface area contributed by atoms with Gasteiger partial charge in [-0.15, -0.1) is 0 Å². The van der Waals surface area contributed by atoms with Gasteiger partial charge in [0.05, 0.1) is 0 Å². The van der Waals surface area contributed by atoms with Crippen LogP contribution in [0.1, 0.15) is 20.3 Å². The number of amides is 3. The van der Waals surface area contributed by atoms with Crippen molar-refractivity contribution in [2.45, 2.75) is 26.3 Å². The number of carbonyl (C=O) groups is 2. The van der Waals surface area contributed by atoms with Gasteiger partial charge in [-0.25, -0.2) is 4.79 Å². The number of rotatable bonds is 5. The fourth-order valence-corrected chi connectivity index (χ4v) is 2.17. The molecule has 0 spiro atoms. The van der Waals surface area contributed by atoms with Gasteiger partial charge in [0.1, 0.15) is 6.54 Å². The third-order valence-corrected chi connectivity index (χ3v) is 3.52. The molecular formula is C15H21N3O2. The minimum Gasteiger partial charge on any atom is -0.352 e. The van der Waals surface area contributed by atoms with Crippen LogP contribution in [0, 0.1) is 0 Å². The molecule has 1 aromatic carbocycles. The lowest BCUT2D eigenvalue weighted by molar-refractivity contribution is -0.122. The lowest BCUT2D eigenvalue weighted by Gasteiger charge is -2.19. The average Bonchev–Trinajstić information content (AvgIpc) is 2.81. The zero-order chi connectivity index (χ0) is 14.5. The van der Waals surface area contributed by atoms with E-state index in [9.17, 15) is 9.59 Å². The highest BCUT2D eigenvalue weighted by Crippen LogP contribution is 2.19. The van der Waals surface area contributed by atoms with Gasteiger partial charge in [-0.3, -0.25) is 9.69 Å². The first kappa shape index (κ1) is 14.4. The predicted octanol–water partition coefficient (Wildman–Crippen LogP) is 1.84. The molecule has 0 bridgehead atoms. The molecule has 0 aromatic heterocycles. The Morgan fingerprint density at radius 2 is 2.00 bits per heavy atom. The molecule has 0 saturated carbocycles. The molecule has 1 aliphatic heterocycles. The standard InChI is InChI=1S/C15H21N3O2/c1-3-12(2)16-14(19)11-17-9-10-18(15(17)20)13-7-5-4-6-8-13/h4-8,12H,3,9-11H2,1-2H3,(H,16,19). The van der Waals surface area contributed by atoms with Gasteiger partial charge in [-0.05, 0) is 25.5 Å². The Hall–Kier alpha value is -2.04. The van der Waals surface area contributed by atoms with Crippen molar-refractivity contribution in [2.24, 2.45) is 0 Å². The van der Waals surface area contributed by atoms with Crippen molar-refractivity contribution < 1.29 is 9.59 Å². The Labute approximate surface area is 119 Å². The molecule has 1 aromatic rings. The van der Waals surface area contributed by atoms with Crippen molar-refractivity contribution in [3.05, 3.63) is 30.3 Å². The maximum absolute atomic E-state index is 12.3. The minimum absolute atomic E-state index is 0.0948. The van der Waals surface area contributed by atoms with Crippen molar-refractivity contribution >= 4 is 17.6 Å². The number of para-hydroxylation sites is 1. The lowest BCUT2D eigenvalue weighted by atomic mass is 10.2. The Balaban J connectivity index is 1.93. The molecule has 1 heterocycles. The summed E-state index contributed by atoms with van der Waals surface area (Å²) in [7, 11) is 0. The molecule has 2 rings (SSSR count). The molecule has 108 valence electrons. The number of anilines is 1. The quantitative estimate of drug-likeness (QED) is 0.891. The molecule has 3 amide bonds. The lowest BCUT2D eigenvalue weighted by Crippen LogP contribution is -2.42. The smallest absolute Gasteiger partial charge is 0.325 e. The van der Waals surface area contributed by atoms with Crippen molar-refractivity contribution in [3.63, 3.8) is 0 Å². The van der Waals surface area contributed by atoms with E-state index in [1.54, 1.807) is 9.80 Å². The zero-order valence-electron chi connectivity index (χ0n) is 12.0. The summed E-state index contributed by atoms with van der Waals surface area (Å²) in [6, 6.07) is 9.57. The number of nitrogens with zero attached hydrogens (tertiary/aromatic N) is 2. The topological polar surface area (TPSA) is 52.7 Å². The van der Waals surface area contributed by atoms with Crippen molar-refractivity contribution in [2.75, 3.05) is 24.5 Å². The van der Waals surface area contributed by atoms with Gasteiger partial charge >= 0.3 is 6.03 Å². The van der Waals surface area contributed by atoms with Gasteiger partial charge in [0.25, 0.3) is 0 Å². The first-order chi connectivity index (χ1) is 9.61. The summed E-state index contributed by atoms with van der Waals surface area (Å²) in [5.74, 6) is -0.0948. The van der Waals surface area contributed by atoms with Crippen LogP contribution in [0.5, 0.6) is 0 Å². The molecule has 0 radical (unpaired) electrons. The van der Waals surface area contributed by atoms with Gasteiger partial charge in [-0.1, -0.05) is 25.1 Å². The third kappa shape index (κ3) is 3.29. The second-order valence-corrected chi connectivity index (χ2v) is 5.07. The van der Waals surface area contributed by atoms with E-state index in [1.807, 2.05) is 44.2 Å². The Morgan fingerprint density at radius 3 is 2.65 bits per heavy atom. The van der Waals surface area contributed by atoms with Crippen LogP contribution >= 0.6 is 0 Å². The average molecular weight is 275 g/mol. The summed E-state index contributed by atoms with van der Waals surface area (Å²) in [5.41, 5.74) is 0.877. The number of benzene rings is 1. The van der Waals surface area contributed by atoms with Gasteiger partial charge in [-0.2, -0.15) is 0 Å². The van der Waals surface area contributed by atoms with Gasteiger partial charge in [0.2, 0.25) is 5.91 Å². The highest BCUT2D eigenvalue weighted by Gasteiger charge is 2.30. The monoisotopic (exact) mass is 275 g/mol. The molecule has 0 aliphatic carbocycles. The molecule has 5 heteroatoms. The van der Waals surface area contributed by atoms with Crippen LogP contribution in [0.4, 0.5) is 10.5 Å². The van der Waals surface area contributed by atoms with Crippen molar-refractivity contribution in [1.82, 2.24) is 10.2 Å². The van der Waals surface area contributed by atoms with Gasteiger partial charge < -0.3 is 10.2 Å². The maximum Gasteiger partial charge on any atom is 0.325 e. The summed E-state index contributed by atoms with van der Waals surface area (Å²) in [5, 5.41) is 2.88. The Bertz CT molecular complexity index is 475. The molecule has 1 unspecified atom stereocenters. The highest BCUT2D eigenvalue weighted by atomic mass is 16.2. The normalized spacial score (nSPS) is 16.4. The van der Waals surface area contributed by atoms with E-state index >= 15 is 0 Å². The molecule has 1 fully saturated rings. The summed E-state index contributed by atoms with van der Waals surface area (Å²) >= 11 is 0. The molecule has 1 atom stereocenters. The highest BCUT2D eigenvalue weighted by molar-refractivity contribution is 5.96. The molecule has 1 N–H and O–H groups in total. The first-order valence-electron chi connectivity index (χ1n) is 7.02. The fraction of sp³-hybridized carbons (Fsp3) is 0.467. The summed E-state index contributed by atoms with van der Waals surface area (Å²) in [4.78, 5) is 27.4. The number of hydrogen-bond acceptors (Lipinski definition) is 2. The number of nitrogens with one attached hydrogen (secondary N) is 1. The van der Waals surface area contributed by atoms with Crippen molar-refractivity contribution in [3.8, 4) is 0 Å². The van der Waals surface area contributed by atoms with E-state index in [-0.39, 0.29) is 24.5 Å². The fourth-order valence-electron chi connectivity index (χ4n) is 2.17. The number of hydrogen-bond donors (Lipinski definition) is 1. The van der Waals surface area contributed by atoms with E-state index in [1.165, 1.54) is 0 Å². The van der Waals surface area contributed by atoms with Crippen LogP contribution in [0.25, 0.3) is 0 Å². The SMILES string of the molecule is CCC(C)NC(=O)CN1CCN(c2ccccc2)C1=O. The van der Waals surface area contributed by atoms with Crippen LogP contribution in [-0.4, -0.2) is 42.5 Å². The van der Waals surface area contributed by atoms with Gasteiger partial charge in [0, 0.05) is 24.8 Å². The van der Waals surface area contributed by atoms with E-state index in [0.717, 1.165) is 12.1 Å². The third-order valence-electron chi connectivity index (χ3n) is 3.52. The van der Waals surface area contributed by atoms with Crippen LogP contribution in [0.15, 0.2) is 30.3 Å². The van der Waals surface area contributed by atoms with Crippen LogP contribution < -0.4 is 10.2 Å². The first-order valence-corrected chi connectivity index (χ1v) is 7.02.